The lowest BCUT2D eigenvalue weighted by atomic mass is 10.0. The monoisotopic (exact) mass is 571 g/mol. The molecule has 1 amide bonds. The lowest BCUT2D eigenvalue weighted by Gasteiger charge is -2.47. The number of piperazine rings is 1. The van der Waals surface area contributed by atoms with Crippen LogP contribution in [0, 0.1) is 6.92 Å². The summed E-state index contributed by atoms with van der Waals surface area (Å²) in [5, 5.41) is 15.7. The molecule has 0 saturated carbocycles. The van der Waals surface area contributed by atoms with Crippen molar-refractivity contribution in [2.24, 2.45) is 4.99 Å². The highest BCUT2D eigenvalue weighted by Gasteiger charge is 2.37. The molecule has 5 rings (SSSR count). The van der Waals surface area contributed by atoms with Gasteiger partial charge >= 0.3 is 6.18 Å². The fourth-order valence-electron chi connectivity index (χ4n) is 5.33. The number of amides is 1. The van der Waals surface area contributed by atoms with Crippen LogP contribution in [-0.4, -0.2) is 73.6 Å². The van der Waals surface area contributed by atoms with Crippen LogP contribution < -0.4 is 0 Å². The van der Waals surface area contributed by atoms with Crippen LogP contribution in [-0.2, 0) is 17.5 Å². The third-order valence-corrected chi connectivity index (χ3v) is 8.33. The Morgan fingerprint density at radius 2 is 1.90 bits per heavy atom. The van der Waals surface area contributed by atoms with E-state index in [1.807, 2.05) is 12.1 Å². The van der Waals surface area contributed by atoms with Gasteiger partial charge < -0.3 is 10.0 Å². The maximum atomic E-state index is 13.6. The van der Waals surface area contributed by atoms with Crippen molar-refractivity contribution in [3.8, 4) is 0 Å². The smallest absolute Gasteiger partial charge is 0.395 e. The number of aliphatic hydroxyl groups excluding tert-OH is 1. The van der Waals surface area contributed by atoms with Crippen molar-refractivity contribution in [3.63, 3.8) is 0 Å². The number of aryl methyl sites for hydroxylation is 1. The van der Waals surface area contributed by atoms with Crippen LogP contribution in [0.25, 0.3) is 17.0 Å². The number of nitrogens with zero attached hydrogens (tertiary/aromatic N) is 5. The number of carbonyl (C=O) groups excluding carboxylic acids is 1. The van der Waals surface area contributed by atoms with Crippen molar-refractivity contribution in [1.29, 1.82) is 0 Å². The summed E-state index contributed by atoms with van der Waals surface area (Å²) in [6.07, 6.45) is -1.06. The van der Waals surface area contributed by atoms with E-state index in [0.29, 0.717) is 34.2 Å². The molecular weight excluding hydrogens is 539 g/mol. The van der Waals surface area contributed by atoms with Gasteiger partial charge in [0.25, 0.3) is 5.91 Å². The number of carbonyl (C=O) groups is 1. The molecular formula is C29H32F3N5O2S. The first-order chi connectivity index (χ1) is 18.8. The van der Waals surface area contributed by atoms with Crippen LogP contribution in [0.2, 0.25) is 0 Å². The minimum absolute atomic E-state index is 0.0120. The van der Waals surface area contributed by atoms with Crippen LogP contribution >= 0.6 is 11.8 Å². The van der Waals surface area contributed by atoms with E-state index in [9.17, 15) is 23.1 Å². The van der Waals surface area contributed by atoms with E-state index in [2.05, 4.69) is 40.7 Å². The molecule has 2 aliphatic heterocycles. The second kappa shape index (κ2) is 10.7. The van der Waals surface area contributed by atoms with Crippen molar-refractivity contribution in [2.45, 2.75) is 52.0 Å². The molecule has 40 heavy (non-hydrogen) atoms. The average Bonchev–Trinajstić information content (AvgIpc) is 3.46. The number of aliphatic hydroxyl groups is 1. The Labute approximate surface area is 235 Å². The molecule has 0 spiro atoms. The van der Waals surface area contributed by atoms with Gasteiger partial charge in [-0.15, -0.1) is 0 Å². The molecule has 2 aliphatic rings. The van der Waals surface area contributed by atoms with Crippen LogP contribution in [0.4, 0.5) is 13.2 Å². The molecule has 1 N–H and O–H groups in total. The molecule has 3 aromatic rings. The van der Waals surface area contributed by atoms with Gasteiger partial charge in [0.05, 0.1) is 41.4 Å². The molecule has 1 fully saturated rings. The largest absolute Gasteiger partial charge is 0.416 e. The van der Waals surface area contributed by atoms with Gasteiger partial charge in [0, 0.05) is 30.6 Å². The number of aliphatic imine (C=N–C) groups is 1. The summed E-state index contributed by atoms with van der Waals surface area (Å²) >= 11 is 1.32. The maximum absolute atomic E-state index is 13.6. The van der Waals surface area contributed by atoms with Crippen molar-refractivity contribution >= 4 is 39.8 Å². The van der Waals surface area contributed by atoms with Crippen molar-refractivity contribution in [1.82, 2.24) is 19.6 Å². The van der Waals surface area contributed by atoms with Gasteiger partial charge in [-0.3, -0.25) is 14.4 Å². The summed E-state index contributed by atoms with van der Waals surface area (Å²) in [6.45, 7) is 10.1. The summed E-state index contributed by atoms with van der Waals surface area (Å²) in [6, 6.07) is 9.76. The fourth-order valence-corrected chi connectivity index (χ4v) is 6.28. The summed E-state index contributed by atoms with van der Waals surface area (Å²) in [7, 11) is 0. The zero-order valence-corrected chi connectivity index (χ0v) is 23.7. The molecule has 0 unspecified atom stereocenters. The van der Waals surface area contributed by atoms with Gasteiger partial charge in [0.15, 0.2) is 5.17 Å². The fraction of sp³-hybridized carbons (Fsp3) is 0.414. The number of hydrogen-bond acceptors (Lipinski definition) is 6. The number of halogens is 3. The Morgan fingerprint density at radius 3 is 2.60 bits per heavy atom. The number of rotatable bonds is 4. The van der Waals surface area contributed by atoms with Gasteiger partial charge in [-0.25, -0.2) is 0 Å². The van der Waals surface area contributed by atoms with Gasteiger partial charge in [-0.05, 0) is 74.9 Å². The van der Waals surface area contributed by atoms with E-state index in [4.69, 9.17) is 0 Å². The Balaban J connectivity index is 1.32. The van der Waals surface area contributed by atoms with Crippen LogP contribution in [0.15, 0.2) is 52.5 Å². The molecule has 0 bridgehead atoms. The Hall–Kier alpha value is -3.15. The minimum Gasteiger partial charge on any atom is -0.395 e. The number of alkyl halides is 3. The molecule has 2 aromatic carbocycles. The van der Waals surface area contributed by atoms with E-state index >= 15 is 0 Å². The SMILES string of the molecule is Cc1ccc(Cn2ncc3cc(/C=C4\SC(N5CCN(C(C)(C)C)[C@@H](CO)C5)=NC4=O)ccc32)c(C(F)(F)F)c1. The molecule has 0 radical (unpaired) electrons. The van der Waals surface area contributed by atoms with E-state index in [1.165, 1.54) is 17.8 Å². The summed E-state index contributed by atoms with van der Waals surface area (Å²) in [5.41, 5.74) is 1.44. The second-order valence-corrected chi connectivity index (χ2v) is 12.2. The minimum atomic E-state index is -4.45. The van der Waals surface area contributed by atoms with Crippen LogP contribution in [0.5, 0.6) is 0 Å². The number of benzene rings is 2. The predicted octanol–water partition coefficient (Wildman–Crippen LogP) is 5.16. The molecule has 7 nitrogen and oxygen atoms in total. The van der Waals surface area contributed by atoms with E-state index in [1.54, 1.807) is 36.0 Å². The predicted molar refractivity (Wildman–Crippen MR) is 152 cm³/mol. The molecule has 1 aromatic heterocycles. The molecule has 3 heterocycles. The highest BCUT2D eigenvalue weighted by molar-refractivity contribution is 8.18. The molecule has 0 aliphatic carbocycles. The number of aromatic nitrogens is 2. The van der Waals surface area contributed by atoms with Gasteiger partial charge in [0.1, 0.15) is 0 Å². The van der Waals surface area contributed by atoms with Crippen molar-refractivity contribution < 1.29 is 23.1 Å². The third-order valence-electron chi connectivity index (χ3n) is 7.29. The lowest BCUT2D eigenvalue weighted by molar-refractivity contribution is -0.138. The third kappa shape index (κ3) is 5.82. The first-order valence-electron chi connectivity index (χ1n) is 13.1. The van der Waals surface area contributed by atoms with E-state index in [-0.39, 0.29) is 36.2 Å². The molecule has 212 valence electrons. The van der Waals surface area contributed by atoms with Crippen molar-refractivity contribution in [3.05, 3.63) is 69.8 Å². The van der Waals surface area contributed by atoms with Gasteiger partial charge in [-0.1, -0.05) is 23.8 Å². The number of fused-ring (bicyclic) bond motifs is 1. The van der Waals surface area contributed by atoms with Crippen LogP contribution in [0.3, 0.4) is 0 Å². The number of amidine groups is 1. The standard InChI is InChI=1S/C29H32F3N5O2S/c1-18-5-7-20(23(11-18)29(30,31)32)15-37-24-8-6-19(12-21(24)14-33-37)13-25-26(39)34-27(40-25)35-9-10-36(28(2,3)4)22(16-35)17-38/h5-8,11-14,22,38H,9-10,15-17H2,1-4H3/b25-13-/t22-/m1/s1. The molecule has 11 heteroatoms. The highest BCUT2D eigenvalue weighted by atomic mass is 32.2. The maximum Gasteiger partial charge on any atom is 0.416 e. The molecule has 1 atom stereocenters. The summed E-state index contributed by atoms with van der Waals surface area (Å²) < 4.78 is 42.4. The van der Waals surface area contributed by atoms with Crippen molar-refractivity contribution in [2.75, 3.05) is 26.2 Å². The quantitative estimate of drug-likeness (QED) is 0.437. The molecule has 1 saturated heterocycles. The van der Waals surface area contributed by atoms with Gasteiger partial charge in [0.2, 0.25) is 0 Å². The average molecular weight is 572 g/mol. The normalized spacial score (nSPS) is 20.1. The summed E-state index contributed by atoms with van der Waals surface area (Å²) in [5.74, 6) is -0.311. The first-order valence-corrected chi connectivity index (χ1v) is 13.9. The zero-order valence-electron chi connectivity index (χ0n) is 22.9. The highest BCUT2D eigenvalue weighted by Crippen LogP contribution is 2.35. The van der Waals surface area contributed by atoms with Gasteiger partial charge in [-0.2, -0.15) is 23.3 Å². The van der Waals surface area contributed by atoms with E-state index in [0.717, 1.165) is 23.6 Å². The lowest BCUT2D eigenvalue weighted by Crippen LogP contribution is -2.61. The summed E-state index contributed by atoms with van der Waals surface area (Å²) in [4.78, 5) is 21.9. The second-order valence-electron chi connectivity index (χ2n) is 11.2. The number of thioether (sulfide) groups is 1. The topological polar surface area (TPSA) is 74.0 Å². The van der Waals surface area contributed by atoms with E-state index < -0.39 is 11.7 Å². The van der Waals surface area contributed by atoms with Crippen LogP contribution in [0.1, 0.15) is 43.0 Å². The first kappa shape index (κ1) is 28.4. The Kier molecular flexibility index (Phi) is 7.58. The Morgan fingerprint density at radius 1 is 1.12 bits per heavy atom. The number of hydrogen-bond donors (Lipinski definition) is 1. The zero-order chi connectivity index (χ0) is 28.8. The Bertz CT molecular complexity index is 1510.